The van der Waals surface area contributed by atoms with E-state index in [1.54, 1.807) is 24.4 Å². The van der Waals surface area contributed by atoms with Gasteiger partial charge in [-0.3, -0.25) is 0 Å². The Balaban J connectivity index is 1.91. The highest BCUT2D eigenvalue weighted by Gasteiger charge is 2.15. The lowest BCUT2D eigenvalue weighted by molar-refractivity contribution is 0.631. The number of aromatic nitrogens is 2. The topological polar surface area (TPSA) is 55.0 Å². The van der Waals surface area contributed by atoms with Crippen LogP contribution in [0, 0.1) is 5.82 Å². The summed E-state index contributed by atoms with van der Waals surface area (Å²) < 4.78 is 13.8. The summed E-state index contributed by atoms with van der Waals surface area (Å²) in [6, 6.07) is 6.54. The molecule has 1 saturated heterocycles. The zero-order chi connectivity index (χ0) is 14.7. The van der Waals surface area contributed by atoms with Crippen LogP contribution in [0.1, 0.15) is 25.7 Å². The molecule has 1 aromatic carbocycles. The van der Waals surface area contributed by atoms with Crippen molar-refractivity contribution in [1.82, 2.24) is 9.97 Å². The van der Waals surface area contributed by atoms with Gasteiger partial charge < -0.3 is 10.6 Å². The highest BCUT2D eigenvalue weighted by Crippen LogP contribution is 2.28. The molecule has 1 aromatic heterocycles. The highest BCUT2D eigenvalue weighted by atomic mass is 19.1. The number of anilines is 2. The molecule has 0 aliphatic carbocycles. The number of hydrogen-bond donors (Lipinski definition) is 1. The third kappa shape index (κ3) is 2.96. The molecule has 2 heterocycles. The van der Waals surface area contributed by atoms with Gasteiger partial charge >= 0.3 is 0 Å². The van der Waals surface area contributed by atoms with Crippen molar-refractivity contribution in [3.63, 3.8) is 0 Å². The van der Waals surface area contributed by atoms with E-state index in [1.807, 2.05) is 0 Å². The Morgan fingerprint density at radius 1 is 1.00 bits per heavy atom. The maximum absolute atomic E-state index is 13.8. The van der Waals surface area contributed by atoms with E-state index in [-0.39, 0.29) is 5.82 Å². The predicted octanol–water partition coefficient (Wildman–Crippen LogP) is 3.25. The molecular weight excluding hydrogens is 267 g/mol. The number of rotatable bonds is 2. The second kappa shape index (κ2) is 6.08. The van der Waals surface area contributed by atoms with Crippen molar-refractivity contribution in [2.45, 2.75) is 25.7 Å². The van der Waals surface area contributed by atoms with Gasteiger partial charge in [-0.1, -0.05) is 31.0 Å². The average molecular weight is 286 g/mol. The van der Waals surface area contributed by atoms with Crippen LogP contribution in [0.15, 0.2) is 30.5 Å². The van der Waals surface area contributed by atoms with Gasteiger partial charge in [-0.05, 0) is 18.9 Å². The summed E-state index contributed by atoms with van der Waals surface area (Å²) in [7, 11) is 0. The van der Waals surface area contributed by atoms with E-state index in [4.69, 9.17) is 5.73 Å². The summed E-state index contributed by atoms with van der Waals surface area (Å²) in [4.78, 5) is 10.9. The van der Waals surface area contributed by atoms with Crippen molar-refractivity contribution in [3.8, 4) is 11.1 Å². The van der Waals surface area contributed by atoms with Crippen LogP contribution < -0.4 is 10.6 Å². The second-order valence-corrected chi connectivity index (χ2v) is 5.35. The Labute approximate surface area is 123 Å². The van der Waals surface area contributed by atoms with E-state index in [0.29, 0.717) is 22.9 Å². The fourth-order valence-electron chi connectivity index (χ4n) is 2.70. The first-order valence-electron chi connectivity index (χ1n) is 7.38. The number of nitrogens with zero attached hydrogens (tertiary/aromatic N) is 3. The molecule has 110 valence electrons. The van der Waals surface area contributed by atoms with E-state index in [1.165, 1.54) is 18.9 Å². The van der Waals surface area contributed by atoms with Crippen LogP contribution in [0.5, 0.6) is 0 Å². The quantitative estimate of drug-likeness (QED) is 0.920. The van der Waals surface area contributed by atoms with E-state index < -0.39 is 0 Å². The Kier molecular flexibility index (Phi) is 3.99. The van der Waals surface area contributed by atoms with Gasteiger partial charge in [0.25, 0.3) is 0 Å². The van der Waals surface area contributed by atoms with Gasteiger partial charge in [0, 0.05) is 30.4 Å². The summed E-state index contributed by atoms with van der Waals surface area (Å²) in [5, 5.41) is 0. The van der Waals surface area contributed by atoms with E-state index in [0.717, 1.165) is 25.9 Å². The van der Waals surface area contributed by atoms with E-state index in [9.17, 15) is 4.39 Å². The van der Waals surface area contributed by atoms with Crippen LogP contribution in [-0.2, 0) is 0 Å². The second-order valence-electron chi connectivity index (χ2n) is 5.35. The van der Waals surface area contributed by atoms with Gasteiger partial charge in [0.05, 0.1) is 0 Å². The Bertz CT molecular complexity index is 621. The summed E-state index contributed by atoms with van der Waals surface area (Å²) in [5.74, 6) is 0.666. The van der Waals surface area contributed by atoms with Crippen LogP contribution >= 0.6 is 0 Å². The van der Waals surface area contributed by atoms with Gasteiger partial charge in [0.2, 0.25) is 5.95 Å². The molecule has 21 heavy (non-hydrogen) atoms. The molecule has 0 radical (unpaired) electrons. The van der Waals surface area contributed by atoms with Crippen molar-refractivity contribution in [2.24, 2.45) is 0 Å². The Morgan fingerprint density at radius 2 is 1.71 bits per heavy atom. The molecular formula is C16H19FN4. The maximum atomic E-state index is 13.8. The van der Waals surface area contributed by atoms with Crippen LogP contribution in [0.25, 0.3) is 11.1 Å². The predicted molar refractivity (Wildman–Crippen MR) is 82.5 cm³/mol. The van der Waals surface area contributed by atoms with E-state index >= 15 is 0 Å². The summed E-state index contributed by atoms with van der Waals surface area (Å²) in [6.07, 6.45) is 6.43. The summed E-state index contributed by atoms with van der Waals surface area (Å²) in [5.41, 5.74) is 7.01. The monoisotopic (exact) mass is 286 g/mol. The lowest BCUT2D eigenvalue weighted by atomic mass is 10.1. The van der Waals surface area contributed by atoms with Crippen molar-refractivity contribution in [3.05, 3.63) is 36.3 Å². The standard InChI is InChI=1S/C16H19FN4/c17-14-8-4-3-7-12(14)13-11-19-16(20-15(13)18)21-9-5-1-2-6-10-21/h3-4,7-8,11H,1-2,5-6,9-10H2,(H2,18,19,20). The number of halogens is 1. The molecule has 0 spiro atoms. The molecule has 0 bridgehead atoms. The Morgan fingerprint density at radius 3 is 2.38 bits per heavy atom. The Hall–Kier alpha value is -2.17. The minimum absolute atomic E-state index is 0.310. The zero-order valence-electron chi connectivity index (χ0n) is 11.9. The summed E-state index contributed by atoms with van der Waals surface area (Å²) in [6.45, 7) is 1.91. The van der Waals surface area contributed by atoms with Crippen LogP contribution in [-0.4, -0.2) is 23.1 Å². The molecule has 0 unspecified atom stereocenters. The largest absolute Gasteiger partial charge is 0.383 e. The molecule has 1 fully saturated rings. The fourth-order valence-corrected chi connectivity index (χ4v) is 2.70. The van der Waals surface area contributed by atoms with Crippen molar-refractivity contribution in [1.29, 1.82) is 0 Å². The average Bonchev–Trinajstić information content (AvgIpc) is 2.77. The molecule has 1 aliphatic heterocycles. The van der Waals surface area contributed by atoms with Gasteiger partial charge in [-0.15, -0.1) is 0 Å². The number of nitrogen functional groups attached to an aromatic ring is 1. The SMILES string of the molecule is Nc1nc(N2CCCCCC2)ncc1-c1ccccc1F. The minimum Gasteiger partial charge on any atom is -0.383 e. The molecule has 2 aromatic rings. The smallest absolute Gasteiger partial charge is 0.227 e. The molecule has 0 amide bonds. The first-order valence-corrected chi connectivity index (χ1v) is 7.38. The molecule has 3 rings (SSSR count). The fraction of sp³-hybridized carbons (Fsp3) is 0.375. The number of hydrogen-bond acceptors (Lipinski definition) is 4. The van der Waals surface area contributed by atoms with Gasteiger partial charge in [0.1, 0.15) is 11.6 Å². The lowest BCUT2D eigenvalue weighted by Gasteiger charge is -2.20. The third-order valence-electron chi connectivity index (χ3n) is 3.86. The molecule has 2 N–H and O–H groups in total. The summed E-state index contributed by atoms with van der Waals surface area (Å²) >= 11 is 0. The molecule has 0 atom stereocenters. The molecule has 0 saturated carbocycles. The number of benzene rings is 1. The maximum Gasteiger partial charge on any atom is 0.227 e. The van der Waals surface area contributed by atoms with Gasteiger partial charge in [-0.2, -0.15) is 4.98 Å². The van der Waals surface area contributed by atoms with Gasteiger partial charge in [0.15, 0.2) is 0 Å². The third-order valence-corrected chi connectivity index (χ3v) is 3.86. The van der Waals surface area contributed by atoms with Gasteiger partial charge in [-0.25, -0.2) is 9.37 Å². The zero-order valence-corrected chi connectivity index (χ0v) is 11.9. The molecule has 5 heteroatoms. The van der Waals surface area contributed by atoms with Crippen molar-refractivity contribution < 1.29 is 4.39 Å². The van der Waals surface area contributed by atoms with E-state index in [2.05, 4.69) is 14.9 Å². The minimum atomic E-state index is -0.310. The normalized spacial score (nSPS) is 15.8. The molecule has 4 nitrogen and oxygen atoms in total. The lowest BCUT2D eigenvalue weighted by Crippen LogP contribution is -2.26. The highest BCUT2D eigenvalue weighted by molar-refractivity contribution is 5.74. The molecule has 1 aliphatic rings. The number of nitrogens with two attached hydrogens (primary N) is 1. The van der Waals surface area contributed by atoms with Crippen LogP contribution in [0.4, 0.5) is 16.2 Å². The van der Waals surface area contributed by atoms with Crippen molar-refractivity contribution >= 4 is 11.8 Å². The first kappa shape index (κ1) is 13.8. The first-order chi connectivity index (χ1) is 10.3. The van der Waals surface area contributed by atoms with Crippen LogP contribution in [0.3, 0.4) is 0 Å². The van der Waals surface area contributed by atoms with Crippen LogP contribution in [0.2, 0.25) is 0 Å². The van der Waals surface area contributed by atoms with Crippen molar-refractivity contribution in [2.75, 3.05) is 23.7 Å².